The van der Waals surface area contributed by atoms with E-state index < -0.39 is 12.0 Å². The fourth-order valence-electron chi connectivity index (χ4n) is 3.16. The first-order chi connectivity index (χ1) is 12.9. The summed E-state index contributed by atoms with van der Waals surface area (Å²) in [7, 11) is 1.49. The van der Waals surface area contributed by atoms with E-state index in [4.69, 9.17) is 27.9 Å². The highest BCUT2D eigenvalue weighted by atomic mass is 127. The molecule has 10 heteroatoms. The second-order valence-corrected chi connectivity index (χ2v) is 7.95. The number of hydrogen-bond acceptors (Lipinski definition) is 5. The van der Waals surface area contributed by atoms with Gasteiger partial charge in [-0.3, -0.25) is 9.69 Å². The molecular formula is C17H18Cl2FIN4O2. The Morgan fingerprint density at radius 2 is 1.96 bits per heavy atom. The minimum Gasteiger partial charge on any atom is -0.495 e. The summed E-state index contributed by atoms with van der Waals surface area (Å²) in [6.07, 6.45) is 0.311. The first-order valence-electron chi connectivity index (χ1n) is 8.24. The van der Waals surface area contributed by atoms with Crippen LogP contribution < -0.4 is 9.64 Å². The lowest BCUT2D eigenvalue weighted by atomic mass is 10.2. The van der Waals surface area contributed by atoms with E-state index in [-0.39, 0.29) is 5.02 Å². The van der Waals surface area contributed by atoms with Gasteiger partial charge in [-0.1, -0.05) is 23.2 Å². The van der Waals surface area contributed by atoms with E-state index in [9.17, 15) is 9.18 Å². The Kier molecular flexibility index (Phi) is 6.50. The zero-order chi connectivity index (χ0) is 19.7. The van der Waals surface area contributed by atoms with Gasteiger partial charge in [-0.2, -0.15) is 5.10 Å². The smallest absolute Gasteiger partial charge is 0.160 e. The zero-order valence-corrected chi connectivity index (χ0v) is 18.4. The van der Waals surface area contributed by atoms with Gasteiger partial charge in [0, 0.05) is 32.2 Å². The first-order valence-corrected chi connectivity index (χ1v) is 10.1. The third-order valence-electron chi connectivity index (χ3n) is 4.66. The average molecular weight is 527 g/mol. The molecule has 1 fully saturated rings. The van der Waals surface area contributed by atoms with Crippen molar-refractivity contribution in [3.05, 3.63) is 37.4 Å². The molecule has 1 aliphatic rings. The van der Waals surface area contributed by atoms with Gasteiger partial charge in [-0.05, 0) is 35.6 Å². The quantitative estimate of drug-likeness (QED) is 0.438. The number of aromatic nitrogens is 2. The Morgan fingerprint density at radius 1 is 1.30 bits per heavy atom. The molecule has 0 spiro atoms. The van der Waals surface area contributed by atoms with Crippen LogP contribution in [0.3, 0.4) is 0 Å². The van der Waals surface area contributed by atoms with E-state index in [0.717, 1.165) is 12.0 Å². The molecule has 1 aromatic carbocycles. The van der Waals surface area contributed by atoms with Crippen molar-refractivity contribution in [2.75, 3.05) is 38.2 Å². The maximum absolute atomic E-state index is 14.4. The number of carbonyl (C=O) groups excluding carboxylic acids is 1. The lowest BCUT2D eigenvalue weighted by Gasteiger charge is -2.38. The van der Waals surface area contributed by atoms with Gasteiger partial charge in [0.1, 0.15) is 15.3 Å². The van der Waals surface area contributed by atoms with Crippen LogP contribution in [-0.2, 0) is 4.79 Å². The highest BCUT2D eigenvalue weighted by Crippen LogP contribution is 2.33. The number of benzene rings is 1. The number of piperazine rings is 1. The van der Waals surface area contributed by atoms with Gasteiger partial charge >= 0.3 is 0 Å². The van der Waals surface area contributed by atoms with E-state index >= 15 is 0 Å². The van der Waals surface area contributed by atoms with Crippen LogP contribution in [0.1, 0.15) is 11.9 Å². The Balaban J connectivity index is 1.76. The van der Waals surface area contributed by atoms with Gasteiger partial charge in [-0.15, -0.1) is 0 Å². The monoisotopic (exact) mass is 526 g/mol. The van der Waals surface area contributed by atoms with Crippen molar-refractivity contribution in [3.63, 3.8) is 0 Å². The Bertz CT molecular complexity index is 856. The highest BCUT2D eigenvalue weighted by molar-refractivity contribution is 14.1. The number of aldehydes is 1. The van der Waals surface area contributed by atoms with Crippen LogP contribution >= 0.6 is 45.8 Å². The second kappa shape index (κ2) is 8.50. The number of anilines is 1. The van der Waals surface area contributed by atoms with Crippen LogP contribution in [0.2, 0.25) is 10.0 Å². The molecule has 0 N–H and O–H groups in total. The normalized spacial score (nSPS) is 16.4. The molecule has 27 heavy (non-hydrogen) atoms. The van der Waals surface area contributed by atoms with E-state index in [1.54, 1.807) is 10.7 Å². The molecule has 1 atom stereocenters. The maximum atomic E-state index is 14.4. The largest absolute Gasteiger partial charge is 0.495 e. The number of rotatable bonds is 5. The fourth-order valence-corrected chi connectivity index (χ4v) is 4.14. The van der Waals surface area contributed by atoms with Gasteiger partial charge in [0.05, 0.1) is 28.5 Å². The molecule has 3 rings (SSSR count). The predicted octanol–water partition coefficient (Wildman–Crippen LogP) is 3.77. The maximum Gasteiger partial charge on any atom is 0.160 e. The molecule has 0 amide bonds. The Hall–Kier alpha value is -1.10. The lowest BCUT2D eigenvalue weighted by molar-refractivity contribution is -0.116. The third-order valence-corrected chi connectivity index (χ3v) is 6.48. The molecule has 0 saturated carbocycles. The third kappa shape index (κ3) is 4.03. The number of hydrogen-bond donors (Lipinski definition) is 0. The van der Waals surface area contributed by atoms with Crippen LogP contribution in [0, 0.1) is 16.4 Å². The molecule has 1 saturated heterocycles. The van der Waals surface area contributed by atoms with Crippen molar-refractivity contribution in [1.82, 2.24) is 14.7 Å². The molecule has 2 heterocycles. The minimum atomic E-state index is -0.544. The number of nitrogens with zero attached hydrogens (tertiary/aromatic N) is 4. The van der Waals surface area contributed by atoms with Crippen LogP contribution in [0.5, 0.6) is 5.75 Å². The molecule has 1 aromatic heterocycles. The summed E-state index contributed by atoms with van der Waals surface area (Å²) < 4.78 is 21.8. The summed E-state index contributed by atoms with van der Waals surface area (Å²) >= 11 is 14.2. The van der Waals surface area contributed by atoms with Gasteiger partial charge in [0.15, 0.2) is 12.5 Å². The van der Waals surface area contributed by atoms with Gasteiger partial charge in [0.25, 0.3) is 0 Å². The Morgan fingerprint density at radius 3 is 2.48 bits per heavy atom. The van der Waals surface area contributed by atoms with Crippen molar-refractivity contribution >= 4 is 57.8 Å². The highest BCUT2D eigenvalue weighted by Gasteiger charge is 2.29. The molecule has 1 unspecified atom stereocenters. The van der Waals surface area contributed by atoms with E-state index in [0.29, 0.717) is 46.3 Å². The number of ether oxygens (including phenoxy) is 1. The number of halogens is 4. The molecular weight excluding hydrogens is 509 g/mol. The molecule has 0 bridgehead atoms. The molecule has 0 aliphatic carbocycles. The summed E-state index contributed by atoms with van der Waals surface area (Å²) in [6, 6.07) is 2.86. The van der Waals surface area contributed by atoms with Crippen molar-refractivity contribution in [1.29, 1.82) is 0 Å². The average Bonchev–Trinajstić information content (AvgIpc) is 2.91. The van der Waals surface area contributed by atoms with Gasteiger partial charge in [0.2, 0.25) is 0 Å². The second-order valence-electron chi connectivity index (χ2n) is 6.15. The van der Waals surface area contributed by atoms with Gasteiger partial charge in [-0.25, -0.2) is 9.07 Å². The zero-order valence-electron chi connectivity index (χ0n) is 14.8. The number of methoxy groups -OCH3 is 1. The van der Waals surface area contributed by atoms with E-state index in [1.165, 1.54) is 13.2 Å². The molecule has 1 aliphatic heterocycles. The molecule has 2 aromatic rings. The van der Waals surface area contributed by atoms with E-state index in [1.807, 2.05) is 39.3 Å². The van der Waals surface area contributed by atoms with Crippen molar-refractivity contribution in [2.45, 2.75) is 13.1 Å². The summed E-state index contributed by atoms with van der Waals surface area (Å²) in [4.78, 5) is 15.7. The Labute approximate surface area is 180 Å². The summed E-state index contributed by atoms with van der Waals surface area (Å²) in [5.74, 6) is 0.0306. The van der Waals surface area contributed by atoms with Crippen LogP contribution in [-0.4, -0.2) is 54.3 Å². The SMILES string of the molecule is COc1cc(N2CCN(C(C=O)n3nc(I)c(Cl)c3C)CC2)c(F)cc1Cl. The summed E-state index contributed by atoms with van der Waals surface area (Å²) in [6.45, 7) is 4.08. The van der Waals surface area contributed by atoms with Crippen molar-refractivity contribution in [3.8, 4) is 5.75 Å². The minimum absolute atomic E-state index is 0.235. The van der Waals surface area contributed by atoms with Gasteiger partial charge < -0.3 is 9.64 Å². The summed E-state index contributed by atoms with van der Waals surface area (Å²) in [5, 5.41) is 5.16. The van der Waals surface area contributed by atoms with Crippen molar-refractivity contribution in [2.24, 2.45) is 0 Å². The topological polar surface area (TPSA) is 50.6 Å². The molecule has 6 nitrogen and oxygen atoms in total. The number of carbonyl (C=O) groups is 1. The van der Waals surface area contributed by atoms with Crippen LogP contribution in [0.25, 0.3) is 0 Å². The first kappa shape index (κ1) is 20.6. The van der Waals surface area contributed by atoms with Crippen LogP contribution in [0.15, 0.2) is 12.1 Å². The van der Waals surface area contributed by atoms with E-state index in [2.05, 4.69) is 5.10 Å². The van der Waals surface area contributed by atoms with Crippen molar-refractivity contribution < 1.29 is 13.9 Å². The predicted molar refractivity (Wildman–Crippen MR) is 112 cm³/mol. The standard InChI is InChI=1S/C17H18Cl2FIN4O2/c1-10-16(19)17(21)22-25(10)15(9-26)24-5-3-23(4-6-24)13-8-14(27-2)11(18)7-12(13)20/h7-9,15H,3-6H2,1-2H3. The lowest BCUT2D eigenvalue weighted by Crippen LogP contribution is -2.49. The van der Waals surface area contributed by atoms with Crippen LogP contribution in [0.4, 0.5) is 10.1 Å². The molecule has 146 valence electrons. The fraction of sp³-hybridized carbons (Fsp3) is 0.412. The summed E-state index contributed by atoms with van der Waals surface area (Å²) in [5.41, 5.74) is 1.18. The molecule has 0 radical (unpaired) electrons.